The molecule has 1 fully saturated rings. The van der Waals surface area contributed by atoms with E-state index in [1.807, 2.05) is 18.2 Å². The lowest BCUT2D eigenvalue weighted by Gasteiger charge is -2.19. The van der Waals surface area contributed by atoms with Crippen molar-refractivity contribution in [1.29, 1.82) is 0 Å². The quantitative estimate of drug-likeness (QED) is 0.659. The molecule has 2 aromatic rings. The minimum absolute atomic E-state index is 0.413. The number of hydrogen-bond acceptors (Lipinski definition) is 5. The van der Waals surface area contributed by atoms with Crippen LogP contribution < -0.4 is 9.47 Å². The fourth-order valence-corrected chi connectivity index (χ4v) is 3.36. The number of aromatic amines is 1. The minimum Gasteiger partial charge on any atom is -0.493 e. The zero-order chi connectivity index (χ0) is 16.9. The summed E-state index contributed by atoms with van der Waals surface area (Å²) in [6, 6.07) is 5.68. The number of methoxy groups -OCH3 is 2. The van der Waals surface area contributed by atoms with E-state index in [1.165, 1.54) is 19.3 Å². The highest BCUT2D eigenvalue weighted by Crippen LogP contribution is 2.32. The van der Waals surface area contributed by atoms with E-state index in [1.54, 1.807) is 25.1 Å². The summed E-state index contributed by atoms with van der Waals surface area (Å²) in [4.78, 5) is 0. The van der Waals surface area contributed by atoms with Gasteiger partial charge in [-0.05, 0) is 37.2 Å². The Bertz CT molecular complexity index is 775. The van der Waals surface area contributed by atoms with Crippen molar-refractivity contribution >= 4 is 18.4 Å². The van der Waals surface area contributed by atoms with Crippen molar-refractivity contribution in [2.24, 2.45) is 5.10 Å². The summed E-state index contributed by atoms with van der Waals surface area (Å²) in [5.41, 5.74) is 0.828. The van der Waals surface area contributed by atoms with Crippen LogP contribution >= 0.6 is 12.2 Å². The van der Waals surface area contributed by atoms with Gasteiger partial charge in [0.25, 0.3) is 0 Å². The van der Waals surface area contributed by atoms with Crippen molar-refractivity contribution in [1.82, 2.24) is 14.9 Å². The van der Waals surface area contributed by atoms with Crippen LogP contribution in [0, 0.1) is 4.77 Å². The molecule has 6 nitrogen and oxygen atoms in total. The van der Waals surface area contributed by atoms with Gasteiger partial charge in [-0.3, -0.25) is 5.10 Å². The highest BCUT2D eigenvalue weighted by Gasteiger charge is 2.21. The van der Waals surface area contributed by atoms with Gasteiger partial charge in [0.15, 0.2) is 17.3 Å². The van der Waals surface area contributed by atoms with Crippen molar-refractivity contribution in [3.63, 3.8) is 0 Å². The van der Waals surface area contributed by atoms with Crippen LogP contribution in [0.5, 0.6) is 11.5 Å². The maximum atomic E-state index is 5.44. The summed E-state index contributed by atoms with van der Waals surface area (Å²) >= 11 is 5.34. The standard InChI is InChI=1S/C17H22N4O2S/c1-22-14-10-6-9-13(15(14)23-2)11-18-21-16(19-20-17(21)24)12-7-4-3-5-8-12/h6,9-12H,3-5,7-8H2,1-2H3,(H,20,24). The molecular weight excluding hydrogens is 324 g/mol. The molecule has 0 bridgehead atoms. The van der Waals surface area contributed by atoms with Crippen molar-refractivity contribution in [2.75, 3.05) is 14.2 Å². The third-order valence-corrected chi connectivity index (χ3v) is 4.66. The predicted molar refractivity (Wildman–Crippen MR) is 95.8 cm³/mol. The largest absolute Gasteiger partial charge is 0.493 e. The van der Waals surface area contributed by atoms with Crippen LogP contribution in [0.4, 0.5) is 0 Å². The number of nitrogens with zero attached hydrogens (tertiary/aromatic N) is 3. The number of rotatable bonds is 5. The zero-order valence-corrected chi connectivity index (χ0v) is 14.8. The van der Waals surface area contributed by atoms with Gasteiger partial charge in [-0.1, -0.05) is 25.3 Å². The van der Waals surface area contributed by atoms with Crippen LogP contribution in [0.3, 0.4) is 0 Å². The van der Waals surface area contributed by atoms with E-state index in [-0.39, 0.29) is 0 Å². The summed E-state index contributed by atoms with van der Waals surface area (Å²) in [7, 11) is 3.23. The average molecular weight is 346 g/mol. The van der Waals surface area contributed by atoms with Crippen LogP contribution in [0.2, 0.25) is 0 Å². The maximum Gasteiger partial charge on any atom is 0.216 e. The highest BCUT2D eigenvalue weighted by molar-refractivity contribution is 7.71. The van der Waals surface area contributed by atoms with E-state index in [9.17, 15) is 0 Å². The molecule has 0 atom stereocenters. The lowest BCUT2D eigenvalue weighted by molar-refractivity contribution is 0.354. The first-order chi connectivity index (χ1) is 11.7. The average Bonchev–Trinajstić information content (AvgIpc) is 3.00. The van der Waals surface area contributed by atoms with E-state index < -0.39 is 0 Å². The van der Waals surface area contributed by atoms with E-state index in [0.29, 0.717) is 22.2 Å². The topological polar surface area (TPSA) is 64.4 Å². The van der Waals surface area contributed by atoms with Gasteiger partial charge in [0, 0.05) is 11.5 Å². The molecule has 0 spiro atoms. The van der Waals surface area contributed by atoms with Gasteiger partial charge in [-0.2, -0.15) is 14.9 Å². The number of H-pyrrole nitrogens is 1. The molecule has 0 unspecified atom stereocenters. The number of ether oxygens (including phenoxy) is 2. The van der Waals surface area contributed by atoms with Gasteiger partial charge in [-0.15, -0.1) is 0 Å². The SMILES string of the molecule is COc1cccc(C=Nn2c(C3CCCCC3)n[nH]c2=S)c1OC. The van der Waals surface area contributed by atoms with Gasteiger partial charge in [0.2, 0.25) is 4.77 Å². The summed E-state index contributed by atoms with van der Waals surface area (Å²) in [6.07, 6.45) is 7.77. The number of hydrogen-bond donors (Lipinski definition) is 1. The second kappa shape index (κ2) is 7.61. The number of aromatic nitrogens is 3. The van der Waals surface area contributed by atoms with E-state index in [0.717, 1.165) is 24.2 Å². The van der Waals surface area contributed by atoms with E-state index in [4.69, 9.17) is 21.7 Å². The second-order valence-corrected chi connectivity index (χ2v) is 6.25. The third-order valence-electron chi connectivity index (χ3n) is 4.39. The number of benzene rings is 1. The Hall–Kier alpha value is -2.15. The second-order valence-electron chi connectivity index (χ2n) is 5.86. The Kier molecular flexibility index (Phi) is 5.30. The van der Waals surface area contributed by atoms with Crippen molar-refractivity contribution in [2.45, 2.75) is 38.0 Å². The third kappa shape index (κ3) is 3.36. The van der Waals surface area contributed by atoms with Gasteiger partial charge < -0.3 is 9.47 Å². The first-order valence-electron chi connectivity index (χ1n) is 8.17. The van der Waals surface area contributed by atoms with Crippen LogP contribution in [-0.4, -0.2) is 35.3 Å². The predicted octanol–water partition coefficient (Wildman–Crippen LogP) is 3.89. The summed E-state index contributed by atoms with van der Waals surface area (Å²) in [6.45, 7) is 0. The first kappa shape index (κ1) is 16.7. The van der Waals surface area contributed by atoms with Gasteiger partial charge in [0.05, 0.1) is 20.4 Å². The molecule has 0 amide bonds. The van der Waals surface area contributed by atoms with Crippen molar-refractivity contribution in [3.8, 4) is 11.5 Å². The molecule has 128 valence electrons. The molecule has 1 aliphatic carbocycles. The monoisotopic (exact) mass is 346 g/mol. The Morgan fingerprint density at radius 1 is 1.25 bits per heavy atom. The van der Waals surface area contributed by atoms with E-state index >= 15 is 0 Å². The lowest BCUT2D eigenvalue weighted by Crippen LogP contribution is -2.10. The molecule has 1 aliphatic rings. The molecule has 0 saturated heterocycles. The minimum atomic E-state index is 0.413. The maximum absolute atomic E-state index is 5.44. The Morgan fingerprint density at radius 3 is 2.75 bits per heavy atom. The molecule has 24 heavy (non-hydrogen) atoms. The fraction of sp³-hybridized carbons (Fsp3) is 0.471. The highest BCUT2D eigenvalue weighted by atomic mass is 32.1. The molecule has 1 aromatic carbocycles. The molecule has 1 heterocycles. The number of nitrogens with one attached hydrogen (secondary N) is 1. The lowest BCUT2D eigenvalue weighted by atomic mass is 9.89. The van der Waals surface area contributed by atoms with Gasteiger partial charge in [-0.25, -0.2) is 0 Å². The van der Waals surface area contributed by atoms with Crippen molar-refractivity contribution in [3.05, 3.63) is 34.4 Å². The molecule has 0 aliphatic heterocycles. The summed E-state index contributed by atoms with van der Waals surface area (Å²) < 4.78 is 13.0. The molecule has 1 saturated carbocycles. The Labute approximate surface area is 146 Å². The van der Waals surface area contributed by atoms with Crippen LogP contribution in [0.15, 0.2) is 23.3 Å². The zero-order valence-electron chi connectivity index (χ0n) is 14.0. The van der Waals surface area contributed by atoms with Gasteiger partial charge in [0.1, 0.15) is 0 Å². The fourth-order valence-electron chi connectivity index (χ4n) is 3.17. The van der Waals surface area contributed by atoms with Crippen molar-refractivity contribution < 1.29 is 9.47 Å². The Balaban J connectivity index is 1.93. The van der Waals surface area contributed by atoms with Crippen LogP contribution in [0.1, 0.15) is 49.4 Å². The van der Waals surface area contributed by atoms with Crippen LogP contribution in [0.25, 0.3) is 0 Å². The van der Waals surface area contributed by atoms with Gasteiger partial charge >= 0.3 is 0 Å². The molecular formula is C17H22N4O2S. The summed E-state index contributed by atoms with van der Waals surface area (Å²) in [5.74, 6) is 2.65. The Morgan fingerprint density at radius 2 is 2.04 bits per heavy atom. The summed E-state index contributed by atoms with van der Waals surface area (Å²) in [5, 5.41) is 11.8. The molecule has 3 rings (SSSR count). The number of para-hydroxylation sites is 1. The molecule has 1 aromatic heterocycles. The van der Waals surface area contributed by atoms with Crippen LogP contribution in [-0.2, 0) is 0 Å². The molecule has 1 N–H and O–H groups in total. The molecule has 7 heteroatoms. The normalized spacial score (nSPS) is 15.8. The van der Waals surface area contributed by atoms with E-state index in [2.05, 4.69) is 15.3 Å². The first-order valence-corrected chi connectivity index (χ1v) is 8.58. The smallest absolute Gasteiger partial charge is 0.216 e. The molecule has 0 radical (unpaired) electrons.